The molecule has 5 atom stereocenters. The van der Waals surface area contributed by atoms with E-state index in [1.165, 1.54) is 12.1 Å². The van der Waals surface area contributed by atoms with Crippen LogP contribution in [0.5, 0.6) is 0 Å². The number of rotatable bonds is 1. The number of amides is 1. The predicted octanol–water partition coefficient (Wildman–Crippen LogP) is 3.57. The minimum absolute atomic E-state index is 0.0863. The molecule has 1 aromatic rings. The molecule has 1 aliphatic heterocycles. The molecule has 2 bridgehead atoms. The van der Waals surface area contributed by atoms with Crippen LogP contribution in [-0.4, -0.2) is 17.2 Å². The number of alkyl halides is 3. The predicted molar refractivity (Wildman–Crippen MR) is 80.4 cm³/mol. The summed E-state index contributed by atoms with van der Waals surface area (Å²) in [6.07, 6.45) is -0.758. The number of nitrogens with zero attached hydrogens (tertiary/aromatic N) is 1. The van der Waals surface area contributed by atoms with Crippen LogP contribution in [0.15, 0.2) is 34.8 Å². The van der Waals surface area contributed by atoms with Gasteiger partial charge in [0.25, 0.3) is 0 Å². The molecule has 0 aromatic heterocycles. The minimum Gasteiger partial charge on any atom is -0.373 e. The van der Waals surface area contributed by atoms with Gasteiger partial charge in [-0.3, -0.25) is 9.69 Å². The number of anilines is 1. The average Bonchev–Trinajstić information content (AvgIpc) is 3.13. The van der Waals surface area contributed by atoms with E-state index in [9.17, 15) is 23.1 Å². The van der Waals surface area contributed by atoms with Gasteiger partial charge in [0.2, 0.25) is 5.91 Å². The molecule has 0 spiro atoms. The van der Waals surface area contributed by atoms with Gasteiger partial charge in [-0.25, -0.2) is 0 Å². The molecule has 0 radical (unpaired) electrons. The Labute approximate surface area is 138 Å². The summed E-state index contributed by atoms with van der Waals surface area (Å²) >= 11 is 2.89. The van der Waals surface area contributed by atoms with E-state index >= 15 is 0 Å². The Balaban J connectivity index is 1.74. The van der Waals surface area contributed by atoms with E-state index in [1.807, 2.05) is 12.2 Å². The molecule has 1 N–H and O–H groups in total. The van der Waals surface area contributed by atoms with Crippen molar-refractivity contribution in [3.05, 3.63) is 40.4 Å². The molecule has 122 valence electrons. The van der Waals surface area contributed by atoms with Gasteiger partial charge in [-0.2, -0.15) is 13.2 Å². The fourth-order valence-corrected chi connectivity index (χ4v) is 4.71. The number of benzene rings is 1. The monoisotopic (exact) mass is 387 g/mol. The van der Waals surface area contributed by atoms with Crippen molar-refractivity contribution in [2.75, 3.05) is 4.90 Å². The third kappa shape index (κ3) is 2.09. The topological polar surface area (TPSA) is 40.5 Å². The van der Waals surface area contributed by atoms with Crippen LogP contribution in [0.3, 0.4) is 0 Å². The summed E-state index contributed by atoms with van der Waals surface area (Å²) in [5, 5.41) is 10.5. The number of carbonyl (C=O) groups is 1. The van der Waals surface area contributed by atoms with Crippen LogP contribution in [0.25, 0.3) is 0 Å². The second-order valence-electron chi connectivity index (χ2n) is 6.34. The Morgan fingerprint density at radius 3 is 2.57 bits per heavy atom. The van der Waals surface area contributed by atoms with Crippen LogP contribution in [0.2, 0.25) is 0 Å². The van der Waals surface area contributed by atoms with Gasteiger partial charge in [0.1, 0.15) is 6.23 Å². The zero-order valence-corrected chi connectivity index (χ0v) is 13.4. The maximum atomic E-state index is 13.1. The van der Waals surface area contributed by atoms with Crippen LogP contribution >= 0.6 is 15.9 Å². The van der Waals surface area contributed by atoms with Crippen molar-refractivity contribution in [1.82, 2.24) is 0 Å². The summed E-state index contributed by atoms with van der Waals surface area (Å²) in [7, 11) is 0. The molecule has 1 unspecified atom stereocenters. The average molecular weight is 388 g/mol. The van der Waals surface area contributed by atoms with Crippen LogP contribution in [-0.2, 0) is 11.0 Å². The maximum Gasteiger partial charge on any atom is 0.417 e. The second kappa shape index (κ2) is 4.83. The number of carbonyl (C=O) groups excluding carboxylic acids is 1. The summed E-state index contributed by atoms with van der Waals surface area (Å²) in [4.78, 5) is 13.8. The molecule has 23 heavy (non-hydrogen) atoms. The summed E-state index contributed by atoms with van der Waals surface area (Å²) in [5.41, 5.74) is -0.764. The SMILES string of the molecule is O=C1[C@H]2[C@@H](C(O)N1c1ccc(Br)c(C(F)(F)F)c1)[C@H]1C=C[C@@H]2C1. The number of hydrogen-bond donors (Lipinski definition) is 1. The maximum absolute atomic E-state index is 13.1. The van der Waals surface area contributed by atoms with Crippen LogP contribution in [0, 0.1) is 23.7 Å². The summed E-state index contributed by atoms with van der Waals surface area (Å²) in [6, 6.07) is 3.61. The highest BCUT2D eigenvalue weighted by molar-refractivity contribution is 9.10. The van der Waals surface area contributed by atoms with E-state index in [4.69, 9.17) is 0 Å². The zero-order chi connectivity index (χ0) is 16.5. The molecule has 3 aliphatic rings. The van der Waals surface area contributed by atoms with Crippen molar-refractivity contribution in [1.29, 1.82) is 0 Å². The number of allylic oxidation sites excluding steroid dienone is 2. The highest BCUT2D eigenvalue weighted by Gasteiger charge is 2.59. The molecule has 2 fully saturated rings. The number of fused-ring (bicyclic) bond motifs is 5. The third-order valence-electron chi connectivity index (χ3n) is 5.19. The lowest BCUT2D eigenvalue weighted by Gasteiger charge is -2.26. The van der Waals surface area contributed by atoms with Crippen molar-refractivity contribution >= 4 is 27.5 Å². The molecule has 1 amide bonds. The van der Waals surface area contributed by atoms with E-state index in [0.717, 1.165) is 17.4 Å². The molecular formula is C16H13BrF3NO2. The first-order valence-corrected chi connectivity index (χ1v) is 8.14. The first-order chi connectivity index (χ1) is 10.8. The summed E-state index contributed by atoms with van der Waals surface area (Å²) < 4.78 is 39.1. The Hall–Kier alpha value is -1.34. The Kier molecular flexibility index (Phi) is 3.19. The standard InChI is InChI=1S/C16H13BrF3NO2/c17-11-4-3-9(6-10(11)16(18,19)20)21-14(22)12-7-1-2-8(5-7)13(12)15(21)23/h1-4,6-8,12-14,22H,5H2/t7-,8+,12-,13+,14?/m0/s1. The van der Waals surface area contributed by atoms with Gasteiger partial charge in [0.15, 0.2) is 0 Å². The second-order valence-corrected chi connectivity index (χ2v) is 7.19. The molecule has 1 saturated carbocycles. The lowest BCUT2D eigenvalue weighted by atomic mass is 9.85. The van der Waals surface area contributed by atoms with E-state index in [1.54, 1.807) is 0 Å². The summed E-state index contributed by atoms with van der Waals surface area (Å²) in [6.45, 7) is 0. The highest BCUT2D eigenvalue weighted by atomic mass is 79.9. The highest BCUT2D eigenvalue weighted by Crippen LogP contribution is 2.55. The van der Waals surface area contributed by atoms with E-state index in [0.29, 0.717) is 0 Å². The molecule has 7 heteroatoms. The van der Waals surface area contributed by atoms with E-state index in [-0.39, 0.29) is 39.7 Å². The third-order valence-corrected chi connectivity index (χ3v) is 5.88. The van der Waals surface area contributed by atoms with E-state index < -0.39 is 18.0 Å². The molecule has 1 heterocycles. The van der Waals surface area contributed by atoms with Gasteiger partial charge in [-0.1, -0.05) is 28.1 Å². The van der Waals surface area contributed by atoms with E-state index in [2.05, 4.69) is 15.9 Å². The van der Waals surface area contributed by atoms with Crippen molar-refractivity contribution in [2.45, 2.75) is 18.8 Å². The molecule has 3 nitrogen and oxygen atoms in total. The van der Waals surface area contributed by atoms with Crippen LogP contribution < -0.4 is 4.90 Å². The first kappa shape index (κ1) is 15.2. The Morgan fingerprint density at radius 2 is 1.91 bits per heavy atom. The number of halogens is 4. The molecule has 1 aromatic carbocycles. The summed E-state index contributed by atoms with van der Waals surface area (Å²) in [5.74, 6) is -0.607. The number of aliphatic hydroxyl groups is 1. The molecule has 1 saturated heterocycles. The fourth-order valence-electron chi connectivity index (χ4n) is 4.24. The van der Waals surface area contributed by atoms with Crippen molar-refractivity contribution in [3.63, 3.8) is 0 Å². The Bertz CT molecular complexity index is 718. The van der Waals surface area contributed by atoms with Gasteiger partial charge in [0, 0.05) is 16.1 Å². The van der Waals surface area contributed by atoms with Gasteiger partial charge < -0.3 is 5.11 Å². The lowest BCUT2D eigenvalue weighted by molar-refractivity contribution is -0.138. The normalized spacial score (nSPS) is 35.3. The minimum atomic E-state index is -4.53. The lowest BCUT2D eigenvalue weighted by Crippen LogP contribution is -2.37. The van der Waals surface area contributed by atoms with Gasteiger partial charge in [-0.05, 0) is 36.5 Å². The molecule has 4 rings (SSSR count). The zero-order valence-electron chi connectivity index (χ0n) is 11.8. The van der Waals surface area contributed by atoms with Crippen LogP contribution in [0.1, 0.15) is 12.0 Å². The van der Waals surface area contributed by atoms with Gasteiger partial charge in [0.05, 0.1) is 11.5 Å². The molecule has 2 aliphatic carbocycles. The molecular weight excluding hydrogens is 375 g/mol. The largest absolute Gasteiger partial charge is 0.417 e. The van der Waals surface area contributed by atoms with Gasteiger partial charge >= 0.3 is 6.18 Å². The van der Waals surface area contributed by atoms with Crippen molar-refractivity contribution in [2.24, 2.45) is 23.7 Å². The fraction of sp³-hybridized carbons (Fsp3) is 0.438. The first-order valence-electron chi connectivity index (χ1n) is 7.35. The number of hydrogen-bond acceptors (Lipinski definition) is 2. The quantitative estimate of drug-likeness (QED) is 0.748. The number of aliphatic hydroxyl groups excluding tert-OH is 1. The van der Waals surface area contributed by atoms with Crippen molar-refractivity contribution in [3.8, 4) is 0 Å². The smallest absolute Gasteiger partial charge is 0.373 e. The van der Waals surface area contributed by atoms with Crippen LogP contribution in [0.4, 0.5) is 18.9 Å². The van der Waals surface area contributed by atoms with Crippen molar-refractivity contribution < 1.29 is 23.1 Å². The Morgan fingerprint density at radius 1 is 1.22 bits per heavy atom. The van der Waals surface area contributed by atoms with Gasteiger partial charge in [-0.15, -0.1) is 0 Å².